The Hall–Kier alpha value is -2.33. The van der Waals surface area contributed by atoms with E-state index >= 15 is 0 Å². The van der Waals surface area contributed by atoms with Crippen LogP contribution in [-0.4, -0.2) is 30.6 Å². The number of rotatable bonds is 6. The number of ether oxygens (including phenoxy) is 1. The predicted molar refractivity (Wildman–Crippen MR) is 94.5 cm³/mol. The molecule has 0 radical (unpaired) electrons. The Morgan fingerprint density at radius 1 is 1.00 bits per heavy atom. The SMILES string of the molecule is O=C(NCOc1ccccc1)C1CCN(Cc2ccccc2)CC1. The largest absolute Gasteiger partial charge is 0.473 e. The lowest BCUT2D eigenvalue weighted by atomic mass is 9.95. The molecule has 126 valence electrons. The number of carbonyl (C=O) groups excluding carboxylic acids is 1. The summed E-state index contributed by atoms with van der Waals surface area (Å²) in [5, 5.41) is 2.89. The van der Waals surface area contributed by atoms with Crippen molar-refractivity contribution in [2.24, 2.45) is 5.92 Å². The number of carbonyl (C=O) groups is 1. The van der Waals surface area contributed by atoms with Gasteiger partial charge < -0.3 is 10.1 Å². The summed E-state index contributed by atoms with van der Waals surface area (Å²) in [6.45, 7) is 3.12. The second-order valence-electron chi connectivity index (χ2n) is 6.18. The standard InChI is InChI=1S/C20H24N2O2/c23-20(21-16-24-19-9-5-2-6-10-19)18-11-13-22(14-12-18)15-17-7-3-1-4-8-17/h1-10,18H,11-16H2,(H,21,23). The fourth-order valence-electron chi connectivity index (χ4n) is 3.05. The van der Waals surface area contributed by atoms with Crippen LogP contribution < -0.4 is 10.1 Å². The summed E-state index contributed by atoms with van der Waals surface area (Å²) in [6.07, 6.45) is 1.81. The summed E-state index contributed by atoms with van der Waals surface area (Å²) in [5.74, 6) is 0.970. The lowest BCUT2D eigenvalue weighted by Gasteiger charge is -2.31. The van der Waals surface area contributed by atoms with E-state index in [9.17, 15) is 4.79 Å². The van der Waals surface area contributed by atoms with Gasteiger partial charge in [0, 0.05) is 12.5 Å². The number of hydrogen-bond donors (Lipinski definition) is 1. The molecule has 0 aromatic heterocycles. The van der Waals surface area contributed by atoms with E-state index in [4.69, 9.17) is 4.74 Å². The van der Waals surface area contributed by atoms with Gasteiger partial charge in [-0.15, -0.1) is 0 Å². The molecule has 0 spiro atoms. The molecule has 1 fully saturated rings. The highest BCUT2D eigenvalue weighted by Crippen LogP contribution is 2.19. The molecule has 0 atom stereocenters. The Bertz CT molecular complexity index is 623. The van der Waals surface area contributed by atoms with Crippen LogP contribution in [-0.2, 0) is 11.3 Å². The molecular formula is C20H24N2O2. The maximum Gasteiger partial charge on any atom is 0.225 e. The Balaban J connectivity index is 1.37. The van der Waals surface area contributed by atoms with E-state index in [2.05, 4.69) is 34.5 Å². The molecule has 0 unspecified atom stereocenters. The quantitative estimate of drug-likeness (QED) is 0.831. The van der Waals surface area contributed by atoms with Gasteiger partial charge in [-0.05, 0) is 43.6 Å². The Morgan fingerprint density at radius 2 is 1.62 bits per heavy atom. The summed E-state index contributed by atoms with van der Waals surface area (Å²) in [4.78, 5) is 14.7. The lowest BCUT2D eigenvalue weighted by molar-refractivity contribution is -0.127. The molecule has 0 saturated carbocycles. The van der Waals surface area contributed by atoms with E-state index in [-0.39, 0.29) is 18.6 Å². The van der Waals surface area contributed by atoms with Crippen molar-refractivity contribution in [1.29, 1.82) is 0 Å². The van der Waals surface area contributed by atoms with Crippen molar-refractivity contribution in [3.63, 3.8) is 0 Å². The average Bonchev–Trinajstić information content (AvgIpc) is 2.64. The zero-order valence-electron chi connectivity index (χ0n) is 13.9. The third-order valence-electron chi connectivity index (χ3n) is 4.44. The number of likely N-dealkylation sites (tertiary alicyclic amines) is 1. The van der Waals surface area contributed by atoms with Crippen LogP contribution in [0.25, 0.3) is 0 Å². The first kappa shape index (κ1) is 16.5. The van der Waals surface area contributed by atoms with E-state index in [1.165, 1.54) is 5.56 Å². The third-order valence-corrected chi connectivity index (χ3v) is 4.44. The first-order valence-corrected chi connectivity index (χ1v) is 8.53. The summed E-state index contributed by atoms with van der Waals surface area (Å²) in [6, 6.07) is 20.0. The number of piperidine rings is 1. The fourth-order valence-corrected chi connectivity index (χ4v) is 3.05. The molecule has 1 saturated heterocycles. The maximum atomic E-state index is 12.2. The van der Waals surface area contributed by atoms with Crippen LogP contribution in [0.4, 0.5) is 0 Å². The van der Waals surface area contributed by atoms with E-state index < -0.39 is 0 Å². The molecule has 2 aromatic rings. The zero-order valence-corrected chi connectivity index (χ0v) is 13.9. The van der Waals surface area contributed by atoms with Gasteiger partial charge >= 0.3 is 0 Å². The maximum absolute atomic E-state index is 12.2. The van der Waals surface area contributed by atoms with Crippen molar-refractivity contribution >= 4 is 5.91 Å². The van der Waals surface area contributed by atoms with Crippen molar-refractivity contribution in [2.45, 2.75) is 19.4 Å². The van der Waals surface area contributed by atoms with Crippen LogP contribution in [0.1, 0.15) is 18.4 Å². The van der Waals surface area contributed by atoms with Crippen molar-refractivity contribution in [3.05, 3.63) is 66.2 Å². The van der Waals surface area contributed by atoms with Gasteiger partial charge in [-0.25, -0.2) is 0 Å². The zero-order chi connectivity index (χ0) is 16.6. The molecule has 24 heavy (non-hydrogen) atoms. The van der Waals surface area contributed by atoms with Crippen molar-refractivity contribution in [1.82, 2.24) is 10.2 Å². The molecule has 1 amide bonds. The summed E-state index contributed by atoms with van der Waals surface area (Å²) in [5.41, 5.74) is 1.33. The Kier molecular flexibility index (Phi) is 5.85. The number of para-hydroxylation sites is 1. The van der Waals surface area contributed by atoms with Crippen molar-refractivity contribution in [2.75, 3.05) is 19.8 Å². The van der Waals surface area contributed by atoms with E-state index in [0.29, 0.717) is 0 Å². The summed E-state index contributed by atoms with van der Waals surface area (Å²) >= 11 is 0. The topological polar surface area (TPSA) is 41.6 Å². The first-order valence-electron chi connectivity index (χ1n) is 8.53. The van der Waals surface area contributed by atoms with Crippen LogP contribution in [0.3, 0.4) is 0 Å². The second kappa shape index (κ2) is 8.50. The molecule has 3 rings (SSSR count). The van der Waals surface area contributed by atoms with Gasteiger partial charge in [0.05, 0.1) is 0 Å². The number of benzene rings is 2. The normalized spacial score (nSPS) is 15.8. The molecule has 1 aliphatic rings. The minimum Gasteiger partial charge on any atom is -0.473 e. The van der Waals surface area contributed by atoms with Crippen LogP contribution in [0, 0.1) is 5.92 Å². The summed E-state index contributed by atoms with van der Waals surface area (Å²) in [7, 11) is 0. The smallest absolute Gasteiger partial charge is 0.225 e. The van der Waals surface area contributed by atoms with Crippen LogP contribution in [0.15, 0.2) is 60.7 Å². The Labute approximate surface area is 143 Å². The first-order chi connectivity index (χ1) is 11.8. The van der Waals surface area contributed by atoms with Gasteiger partial charge in [0.15, 0.2) is 6.73 Å². The molecule has 4 heteroatoms. The second-order valence-corrected chi connectivity index (χ2v) is 6.18. The molecule has 1 heterocycles. The molecule has 4 nitrogen and oxygen atoms in total. The van der Waals surface area contributed by atoms with Crippen LogP contribution in [0.5, 0.6) is 5.75 Å². The molecule has 0 bridgehead atoms. The third kappa shape index (κ3) is 4.83. The molecule has 2 aromatic carbocycles. The monoisotopic (exact) mass is 324 g/mol. The van der Waals surface area contributed by atoms with Gasteiger partial charge in [0.2, 0.25) is 5.91 Å². The molecule has 0 aliphatic carbocycles. The Morgan fingerprint density at radius 3 is 2.29 bits per heavy atom. The van der Waals surface area contributed by atoms with Gasteiger partial charge in [-0.2, -0.15) is 0 Å². The average molecular weight is 324 g/mol. The number of hydrogen-bond acceptors (Lipinski definition) is 3. The van der Waals surface area contributed by atoms with Gasteiger partial charge in [-0.3, -0.25) is 9.69 Å². The minimum absolute atomic E-state index is 0.0939. The number of amides is 1. The van der Waals surface area contributed by atoms with Crippen LogP contribution in [0.2, 0.25) is 0 Å². The number of nitrogens with zero attached hydrogens (tertiary/aromatic N) is 1. The van der Waals surface area contributed by atoms with Gasteiger partial charge in [0.1, 0.15) is 5.75 Å². The summed E-state index contributed by atoms with van der Waals surface area (Å²) < 4.78 is 5.53. The van der Waals surface area contributed by atoms with Crippen molar-refractivity contribution in [3.8, 4) is 5.75 Å². The van der Waals surface area contributed by atoms with Crippen LogP contribution >= 0.6 is 0 Å². The van der Waals surface area contributed by atoms with Crippen molar-refractivity contribution < 1.29 is 9.53 Å². The van der Waals surface area contributed by atoms with Gasteiger partial charge in [0.25, 0.3) is 0 Å². The highest BCUT2D eigenvalue weighted by atomic mass is 16.5. The molecule has 1 aliphatic heterocycles. The molecular weight excluding hydrogens is 300 g/mol. The van der Waals surface area contributed by atoms with E-state index in [1.54, 1.807) is 0 Å². The number of nitrogens with one attached hydrogen (secondary N) is 1. The molecule has 1 N–H and O–H groups in total. The van der Waals surface area contributed by atoms with E-state index in [0.717, 1.165) is 38.2 Å². The minimum atomic E-state index is 0.0939. The lowest BCUT2D eigenvalue weighted by Crippen LogP contribution is -2.41. The van der Waals surface area contributed by atoms with E-state index in [1.807, 2.05) is 36.4 Å². The predicted octanol–water partition coefficient (Wildman–Crippen LogP) is 3.05. The van der Waals surface area contributed by atoms with Gasteiger partial charge in [-0.1, -0.05) is 48.5 Å². The fraction of sp³-hybridized carbons (Fsp3) is 0.350. The highest BCUT2D eigenvalue weighted by molar-refractivity contribution is 5.78. The highest BCUT2D eigenvalue weighted by Gasteiger charge is 2.24.